The van der Waals surface area contributed by atoms with Crippen molar-refractivity contribution in [2.45, 2.75) is 52.1 Å². The first-order chi connectivity index (χ1) is 5.81. The van der Waals surface area contributed by atoms with Crippen molar-refractivity contribution in [1.82, 2.24) is 0 Å². The normalized spacial score (nSPS) is 13.2. The van der Waals surface area contributed by atoms with E-state index in [1.54, 1.807) is 0 Å². The second kappa shape index (κ2) is 9.01. The lowest BCUT2D eigenvalue weighted by atomic mass is 10.2. The Labute approximate surface area is 75.9 Å². The fraction of sp³-hybridized carbons (Fsp3) is 1.00. The van der Waals surface area contributed by atoms with Gasteiger partial charge in [-0.25, -0.2) is 0 Å². The highest BCUT2D eigenvalue weighted by Crippen LogP contribution is 2.04. The molecule has 0 aromatic carbocycles. The molecule has 0 spiro atoms. The first-order valence-electron chi connectivity index (χ1n) is 5.03. The molecule has 0 aliphatic heterocycles. The van der Waals surface area contributed by atoms with E-state index in [2.05, 4.69) is 13.8 Å². The van der Waals surface area contributed by atoms with E-state index in [-0.39, 0.29) is 0 Å². The monoisotopic (exact) mass is 174 g/mol. The van der Waals surface area contributed by atoms with E-state index in [1.165, 1.54) is 6.42 Å². The van der Waals surface area contributed by atoms with Gasteiger partial charge in [0.15, 0.2) is 0 Å². The topological polar surface area (TPSA) is 29.5 Å². The molecule has 0 fully saturated rings. The second-order valence-corrected chi connectivity index (χ2v) is 3.25. The number of ether oxygens (including phenoxy) is 1. The zero-order chi connectivity index (χ0) is 9.23. The quantitative estimate of drug-likeness (QED) is 0.572. The van der Waals surface area contributed by atoms with E-state index in [0.717, 1.165) is 32.3 Å². The van der Waals surface area contributed by atoms with Crippen LogP contribution >= 0.6 is 0 Å². The van der Waals surface area contributed by atoms with Crippen LogP contribution in [-0.4, -0.2) is 24.4 Å². The molecule has 0 aliphatic carbocycles. The fourth-order valence-electron chi connectivity index (χ4n) is 1.06. The van der Waals surface area contributed by atoms with Gasteiger partial charge in [-0.1, -0.05) is 13.3 Å². The lowest BCUT2D eigenvalue weighted by molar-refractivity contribution is 0.0558. The van der Waals surface area contributed by atoms with E-state index in [4.69, 9.17) is 9.84 Å². The number of aliphatic hydroxyl groups excluding tert-OH is 1. The van der Waals surface area contributed by atoms with Gasteiger partial charge in [0.2, 0.25) is 0 Å². The molecule has 12 heavy (non-hydrogen) atoms. The van der Waals surface area contributed by atoms with Crippen molar-refractivity contribution >= 4 is 0 Å². The molecule has 0 aromatic rings. The van der Waals surface area contributed by atoms with Crippen molar-refractivity contribution in [3.8, 4) is 0 Å². The summed E-state index contributed by atoms with van der Waals surface area (Å²) in [4.78, 5) is 0. The van der Waals surface area contributed by atoms with Crippen LogP contribution < -0.4 is 0 Å². The van der Waals surface area contributed by atoms with Crippen molar-refractivity contribution in [1.29, 1.82) is 0 Å². The van der Waals surface area contributed by atoms with Gasteiger partial charge in [-0.15, -0.1) is 0 Å². The summed E-state index contributed by atoms with van der Waals surface area (Å²) >= 11 is 0. The Kier molecular flexibility index (Phi) is 8.95. The minimum Gasteiger partial charge on any atom is -0.396 e. The molecule has 0 bridgehead atoms. The lowest BCUT2D eigenvalue weighted by Crippen LogP contribution is -2.09. The van der Waals surface area contributed by atoms with Gasteiger partial charge >= 0.3 is 0 Å². The minimum absolute atomic E-state index is 0.307. The predicted molar refractivity (Wildman–Crippen MR) is 51.3 cm³/mol. The van der Waals surface area contributed by atoms with Crippen LogP contribution in [-0.2, 0) is 4.74 Å². The Bertz CT molecular complexity index is 73.9. The van der Waals surface area contributed by atoms with E-state index in [1.807, 2.05) is 0 Å². The Morgan fingerprint density at radius 3 is 2.58 bits per heavy atom. The highest BCUT2D eigenvalue weighted by molar-refractivity contribution is 4.50. The molecule has 2 nitrogen and oxygen atoms in total. The van der Waals surface area contributed by atoms with Crippen molar-refractivity contribution in [2.24, 2.45) is 0 Å². The fourth-order valence-corrected chi connectivity index (χ4v) is 1.06. The average molecular weight is 174 g/mol. The first kappa shape index (κ1) is 11.9. The van der Waals surface area contributed by atoms with Crippen LogP contribution in [0, 0.1) is 0 Å². The maximum Gasteiger partial charge on any atom is 0.0547 e. The van der Waals surface area contributed by atoms with E-state index < -0.39 is 0 Å². The number of hydrogen-bond acceptors (Lipinski definition) is 2. The maximum atomic E-state index is 8.55. The lowest BCUT2D eigenvalue weighted by Gasteiger charge is -2.11. The van der Waals surface area contributed by atoms with Crippen LogP contribution in [0.1, 0.15) is 46.0 Å². The van der Waals surface area contributed by atoms with Gasteiger partial charge in [0.05, 0.1) is 6.10 Å². The van der Waals surface area contributed by atoms with Gasteiger partial charge in [-0.05, 0) is 32.6 Å². The van der Waals surface area contributed by atoms with E-state index >= 15 is 0 Å². The molecule has 0 heterocycles. The maximum absolute atomic E-state index is 8.55. The molecule has 0 radical (unpaired) electrons. The second-order valence-electron chi connectivity index (χ2n) is 3.25. The molecule has 0 rings (SSSR count). The SMILES string of the molecule is CCCCO[C@H](C)CCCCO. The molecule has 0 saturated heterocycles. The summed E-state index contributed by atoms with van der Waals surface area (Å²) in [5.74, 6) is 0. The number of unbranched alkanes of at least 4 members (excludes halogenated alkanes) is 2. The predicted octanol–water partition coefficient (Wildman–Crippen LogP) is 2.35. The summed E-state index contributed by atoms with van der Waals surface area (Å²) in [6, 6.07) is 0. The summed E-state index contributed by atoms with van der Waals surface area (Å²) in [6.07, 6.45) is 5.77. The van der Waals surface area contributed by atoms with Gasteiger partial charge in [0.25, 0.3) is 0 Å². The Balaban J connectivity index is 3.04. The third kappa shape index (κ3) is 8.02. The molecular weight excluding hydrogens is 152 g/mol. The number of aliphatic hydroxyl groups is 1. The van der Waals surface area contributed by atoms with Crippen molar-refractivity contribution < 1.29 is 9.84 Å². The molecule has 0 aromatic heterocycles. The van der Waals surface area contributed by atoms with Crippen molar-refractivity contribution in [3.05, 3.63) is 0 Å². The summed E-state index contributed by atoms with van der Waals surface area (Å²) in [6.45, 7) is 5.46. The largest absolute Gasteiger partial charge is 0.396 e. The minimum atomic E-state index is 0.307. The highest BCUT2D eigenvalue weighted by atomic mass is 16.5. The first-order valence-corrected chi connectivity index (χ1v) is 5.03. The summed E-state index contributed by atoms with van der Waals surface area (Å²) in [5, 5.41) is 8.55. The zero-order valence-corrected chi connectivity index (χ0v) is 8.38. The van der Waals surface area contributed by atoms with Gasteiger partial charge in [0.1, 0.15) is 0 Å². The molecule has 74 valence electrons. The van der Waals surface area contributed by atoms with Crippen LogP contribution in [0.3, 0.4) is 0 Å². The third-order valence-electron chi connectivity index (χ3n) is 1.92. The molecule has 0 aliphatic rings. The molecule has 2 heteroatoms. The number of rotatable bonds is 8. The zero-order valence-electron chi connectivity index (χ0n) is 8.38. The Morgan fingerprint density at radius 2 is 2.00 bits per heavy atom. The van der Waals surface area contributed by atoms with E-state index in [9.17, 15) is 0 Å². The molecule has 0 amide bonds. The van der Waals surface area contributed by atoms with Gasteiger partial charge in [0, 0.05) is 13.2 Å². The summed E-state index contributed by atoms with van der Waals surface area (Å²) in [5.41, 5.74) is 0. The van der Waals surface area contributed by atoms with Crippen LogP contribution in [0.4, 0.5) is 0 Å². The molecular formula is C10H22O2. The molecule has 0 unspecified atom stereocenters. The standard InChI is InChI=1S/C10H22O2/c1-3-4-9-12-10(2)7-5-6-8-11/h10-11H,3-9H2,1-2H3/t10-/m1/s1. The average Bonchev–Trinajstić information content (AvgIpc) is 2.06. The summed E-state index contributed by atoms with van der Waals surface area (Å²) in [7, 11) is 0. The van der Waals surface area contributed by atoms with Gasteiger partial charge < -0.3 is 9.84 Å². The van der Waals surface area contributed by atoms with Crippen LogP contribution in [0.25, 0.3) is 0 Å². The van der Waals surface area contributed by atoms with Crippen LogP contribution in [0.2, 0.25) is 0 Å². The molecule has 1 N–H and O–H groups in total. The molecule has 0 saturated carbocycles. The van der Waals surface area contributed by atoms with Crippen molar-refractivity contribution in [2.75, 3.05) is 13.2 Å². The van der Waals surface area contributed by atoms with Gasteiger partial charge in [-0.2, -0.15) is 0 Å². The third-order valence-corrected chi connectivity index (χ3v) is 1.92. The molecule has 1 atom stereocenters. The van der Waals surface area contributed by atoms with Crippen LogP contribution in [0.15, 0.2) is 0 Å². The summed E-state index contributed by atoms with van der Waals surface area (Å²) < 4.78 is 5.55. The van der Waals surface area contributed by atoms with Crippen LogP contribution in [0.5, 0.6) is 0 Å². The van der Waals surface area contributed by atoms with Crippen molar-refractivity contribution in [3.63, 3.8) is 0 Å². The Hall–Kier alpha value is -0.0800. The smallest absolute Gasteiger partial charge is 0.0547 e. The highest BCUT2D eigenvalue weighted by Gasteiger charge is 2.00. The number of hydrogen-bond donors (Lipinski definition) is 1. The van der Waals surface area contributed by atoms with E-state index in [0.29, 0.717) is 12.7 Å². The van der Waals surface area contributed by atoms with Gasteiger partial charge in [-0.3, -0.25) is 0 Å². The Morgan fingerprint density at radius 1 is 1.25 bits per heavy atom.